The first-order valence-electron chi connectivity index (χ1n) is 5.42. The fourth-order valence-corrected chi connectivity index (χ4v) is 1.46. The van der Waals surface area contributed by atoms with Crippen LogP contribution in [0.2, 0.25) is 5.02 Å². The summed E-state index contributed by atoms with van der Waals surface area (Å²) in [5, 5.41) is 3.80. The second-order valence-corrected chi connectivity index (χ2v) is 4.56. The number of benzene rings is 1. The molecule has 0 unspecified atom stereocenters. The third-order valence-corrected chi connectivity index (χ3v) is 2.31. The third-order valence-electron chi connectivity index (χ3n) is 2.07. The number of hydrogen-bond acceptors (Lipinski definition) is 1. The van der Waals surface area contributed by atoms with E-state index in [0.29, 0.717) is 16.5 Å². The van der Waals surface area contributed by atoms with Gasteiger partial charge in [0.1, 0.15) is 5.82 Å². The van der Waals surface area contributed by atoms with Crippen molar-refractivity contribution in [2.75, 3.05) is 13.1 Å². The highest BCUT2D eigenvalue weighted by Crippen LogP contribution is 2.15. The van der Waals surface area contributed by atoms with Gasteiger partial charge in [0.05, 0.1) is 0 Å². The molecule has 16 heavy (non-hydrogen) atoms. The fourth-order valence-electron chi connectivity index (χ4n) is 1.28. The minimum atomic E-state index is -0.246. The number of rotatable bonds is 5. The average molecular weight is 242 g/mol. The lowest BCUT2D eigenvalue weighted by atomic mass is 10.2. The highest BCUT2D eigenvalue weighted by Gasteiger charge is 1.98. The summed E-state index contributed by atoms with van der Waals surface area (Å²) in [6.07, 6.45) is 3.64. The molecule has 3 heteroatoms. The molecule has 1 rings (SSSR count). The number of hydrogen-bond donors (Lipinski definition) is 1. The van der Waals surface area contributed by atoms with E-state index in [2.05, 4.69) is 19.2 Å². The summed E-state index contributed by atoms with van der Waals surface area (Å²) in [5.41, 5.74) is 0.527. The topological polar surface area (TPSA) is 12.0 Å². The van der Waals surface area contributed by atoms with Crippen LogP contribution in [-0.2, 0) is 0 Å². The first-order valence-corrected chi connectivity index (χ1v) is 5.79. The molecule has 0 aliphatic heterocycles. The molecule has 1 aromatic carbocycles. The first-order chi connectivity index (χ1) is 7.59. The predicted octanol–water partition coefficient (Wildman–Crippen LogP) is 3.74. The van der Waals surface area contributed by atoms with Gasteiger partial charge in [0.25, 0.3) is 0 Å². The molecule has 0 heterocycles. The molecule has 1 nitrogen and oxygen atoms in total. The van der Waals surface area contributed by atoms with Gasteiger partial charge in [-0.3, -0.25) is 0 Å². The lowest BCUT2D eigenvalue weighted by Crippen LogP contribution is -2.19. The standard InChI is InChI=1S/C13H17ClFN/c1-10(2)9-16-7-3-4-11-8-12(14)5-6-13(11)15/h3-6,8,10,16H,7,9H2,1-2H3/b4-3+. The van der Waals surface area contributed by atoms with E-state index in [1.54, 1.807) is 18.2 Å². The molecule has 0 spiro atoms. The van der Waals surface area contributed by atoms with Crippen molar-refractivity contribution in [2.24, 2.45) is 5.92 Å². The van der Waals surface area contributed by atoms with Crippen LogP contribution in [0.5, 0.6) is 0 Å². The van der Waals surface area contributed by atoms with E-state index in [1.807, 2.05) is 6.08 Å². The second kappa shape index (κ2) is 6.66. The Labute approximate surface area is 101 Å². The van der Waals surface area contributed by atoms with Crippen molar-refractivity contribution in [3.8, 4) is 0 Å². The predicted molar refractivity (Wildman–Crippen MR) is 68.2 cm³/mol. The Kier molecular flexibility index (Phi) is 5.50. The Balaban J connectivity index is 2.46. The van der Waals surface area contributed by atoms with E-state index in [1.165, 1.54) is 6.07 Å². The second-order valence-electron chi connectivity index (χ2n) is 4.12. The molecule has 0 saturated carbocycles. The summed E-state index contributed by atoms with van der Waals surface area (Å²) in [4.78, 5) is 0. The molecular weight excluding hydrogens is 225 g/mol. The van der Waals surface area contributed by atoms with Crippen molar-refractivity contribution >= 4 is 17.7 Å². The molecule has 1 N–H and O–H groups in total. The van der Waals surface area contributed by atoms with E-state index in [4.69, 9.17) is 11.6 Å². The van der Waals surface area contributed by atoms with Gasteiger partial charge in [-0.2, -0.15) is 0 Å². The molecule has 0 amide bonds. The summed E-state index contributed by atoms with van der Waals surface area (Å²) in [5.74, 6) is 0.376. The Morgan fingerprint density at radius 2 is 2.19 bits per heavy atom. The van der Waals surface area contributed by atoms with Crippen LogP contribution in [0.1, 0.15) is 19.4 Å². The largest absolute Gasteiger partial charge is 0.313 e. The number of nitrogens with one attached hydrogen (secondary N) is 1. The van der Waals surface area contributed by atoms with Crippen LogP contribution in [0.15, 0.2) is 24.3 Å². The molecule has 0 aromatic heterocycles. The summed E-state index contributed by atoms with van der Waals surface area (Å²) >= 11 is 5.78. The highest BCUT2D eigenvalue weighted by molar-refractivity contribution is 6.30. The molecule has 0 saturated heterocycles. The maximum Gasteiger partial charge on any atom is 0.130 e. The zero-order valence-electron chi connectivity index (χ0n) is 9.63. The quantitative estimate of drug-likeness (QED) is 0.775. The third kappa shape index (κ3) is 4.77. The van der Waals surface area contributed by atoms with Gasteiger partial charge < -0.3 is 5.32 Å². The van der Waals surface area contributed by atoms with Gasteiger partial charge in [-0.1, -0.05) is 37.6 Å². The lowest BCUT2D eigenvalue weighted by molar-refractivity contribution is 0.577. The van der Waals surface area contributed by atoms with Crippen molar-refractivity contribution in [3.05, 3.63) is 40.7 Å². The van der Waals surface area contributed by atoms with E-state index in [9.17, 15) is 4.39 Å². The SMILES string of the molecule is CC(C)CNC/C=C/c1cc(Cl)ccc1F. The summed E-state index contributed by atoms with van der Waals surface area (Å²) in [6.45, 7) is 5.99. The Bertz CT molecular complexity index is 361. The van der Waals surface area contributed by atoms with Crippen LogP contribution in [0.3, 0.4) is 0 Å². The number of halogens is 2. The molecule has 0 radical (unpaired) electrons. The maximum absolute atomic E-state index is 13.3. The van der Waals surface area contributed by atoms with Gasteiger partial charge in [0.15, 0.2) is 0 Å². The summed E-state index contributed by atoms with van der Waals surface area (Å²) in [6, 6.07) is 4.55. The van der Waals surface area contributed by atoms with Crippen molar-refractivity contribution in [2.45, 2.75) is 13.8 Å². The van der Waals surface area contributed by atoms with Crippen molar-refractivity contribution in [3.63, 3.8) is 0 Å². The smallest absolute Gasteiger partial charge is 0.130 e. The van der Waals surface area contributed by atoms with E-state index in [-0.39, 0.29) is 5.82 Å². The van der Waals surface area contributed by atoms with Gasteiger partial charge in [-0.15, -0.1) is 0 Å². The molecule has 0 bridgehead atoms. The van der Waals surface area contributed by atoms with E-state index >= 15 is 0 Å². The monoisotopic (exact) mass is 241 g/mol. The van der Waals surface area contributed by atoms with Gasteiger partial charge in [0.2, 0.25) is 0 Å². The van der Waals surface area contributed by atoms with Crippen LogP contribution in [0.4, 0.5) is 4.39 Å². The molecule has 0 fully saturated rings. The Hall–Kier alpha value is -0.860. The molecule has 0 aliphatic carbocycles. The minimum Gasteiger partial charge on any atom is -0.313 e. The molecular formula is C13H17ClFN. The first kappa shape index (κ1) is 13.2. The van der Waals surface area contributed by atoms with Gasteiger partial charge in [-0.05, 0) is 30.7 Å². The molecule has 0 atom stereocenters. The van der Waals surface area contributed by atoms with Gasteiger partial charge in [-0.25, -0.2) is 4.39 Å². The van der Waals surface area contributed by atoms with Crippen molar-refractivity contribution in [1.29, 1.82) is 0 Å². The van der Waals surface area contributed by atoms with Crippen molar-refractivity contribution in [1.82, 2.24) is 5.32 Å². The van der Waals surface area contributed by atoms with Crippen LogP contribution in [0.25, 0.3) is 6.08 Å². The minimum absolute atomic E-state index is 0.246. The van der Waals surface area contributed by atoms with Crippen molar-refractivity contribution < 1.29 is 4.39 Å². The van der Waals surface area contributed by atoms with E-state index in [0.717, 1.165) is 13.1 Å². The summed E-state index contributed by atoms with van der Waals surface area (Å²) < 4.78 is 13.3. The zero-order valence-corrected chi connectivity index (χ0v) is 10.4. The maximum atomic E-state index is 13.3. The Morgan fingerprint density at radius 3 is 2.88 bits per heavy atom. The van der Waals surface area contributed by atoms with E-state index < -0.39 is 0 Å². The molecule has 1 aromatic rings. The lowest BCUT2D eigenvalue weighted by Gasteiger charge is -2.04. The average Bonchev–Trinajstić information content (AvgIpc) is 2.22. The van der Waals surface area contributed by atoms with Gasteiger partial charge in [0, 0.05) is 17.1 Å². The zero-order chi connectivity index (χ0) is 12.0. The molecule has 88 valence electrons. The Morgan fingerprint density at radius 1 is 1.44 bits per heavy atom. The summed E-state index contributed by atoms with van der Waals surface area (Å²) in [7, 11) is 0. The van der Waals surface area contributed by atoms with Gasteiger partial charge >= 0.3 is 0 Å². The fraction of sp³-hybridized carbons (Fsp3) is 0.385. The van der Waals surface area contributed by atoms with Crippen LogP contribution >= 0.6 is 11.6 Å². The van der Waals surface area contributed by atoms with Crippen LogP contribution < -0.4 is 5.32 Å². The van der Waals surface area contributed by atoms with Crippen LogP contribution in [0, 0.1) is 11.7 Å². The normalized spacial score (nSPS) is 11.6. The highest BCUT2D eigenvalue weighted by atomic mass is 35.5. The van der Waals surface area contributed by atoms with Crippen LogP contribution in [-0.4, -0.2) is 13.1 Å². The molecule has 0 aliphatic rings.